The lowest BCUT2D eigenvalue weighted by molar-refractivity contribution is -0.192. The molecule has 2 amide bonds. The van der Waals surface area contributed by atoms with Crippen LogP contribution in [0.2, 0.25) is 0 Å². The van der Waals surface area contributed by atoms with Gasteiger partial charge in [-0.15, -0.1) is 0 Å². The number of hydrogen-bond acceptors (Lipinski definition) is 6. The lowest BCUT2D eigenvalue weighted by atomic mass is 9.74. The number of aryl methyl sites for hydroxylation is 1. The number of alkyl halides is 3. The molecule has 2 saturated heterocycles. The van der Waals surface area contributed by atoms with Crippen molar-refractivity contribution < 1.29 is 46.2 Å². The quantitative estimate of drug-likeness (QED) is 0.375. The summed E-state index contributed by atoms with van der Waals surface area (Å²) in [6.07, 6.45) is -2.35. The third-order valence-corrected chi connectivity index (χ3v) is 8.82. The van der Waals surface area contributed by atoms with E-state index in [1.165, 1.54) is 12.3 Å². The predicted molar refractivity (Wildman–Crippen MR) is 156 cm³/mol. The highest BCUT2D eigenvalue weighted by Crippen LogP contribution is 2.44. The van der Waals surface area contributed by atoms with E-state index in [9.17, 15) is 36.8 Å². The van der Waals surface area contributed by atoms with Gasteiger partial charge in [-0.3, -0.25) is 14.6 Å². The molecule has 3 aliphatic heterocycles. The molecule has 9 nitrogen and oxygen atoms in total. The zero-order chi connectivity index (χ0) is 34.1. The van der Waals surface area contributed by atoms with Crippen molar-refractivity contribution in [2.75, 3.05) is 26.2 Å². The fraction of sp³-hybridized carbons (Fsp3) is 0.364. The second-order valence-corrected chi connectivity index (χ2v) is 11.6. The van der Waals surface area contributed by atoms with Crippen LogP contribution in [0.3, 0.4) is 0 Å². The number of carboxylic acids is 1. The van der Waals surface area contributed by atoms with E-state index in [0.29, 0.717) is 61.3 Å². The molecule has 0 radical (unpaired) electrons. The van der Waals surface area contributed by atoms with E-state index in [4.69, 9.17) is 14.6 Å². The maximum Gasteiger partial charge on any atom is 0.490 e. The van der Waals surface area contributed by atoms with Crippen LogP contribution in [0.5, 0.6) is 5.75 Å². The van der Waals surface area contributed by atoms with Crippen molar-refractivity contribution in [3.05, 3.63) is 94.3 Å². The van der Waals surface area contributed by atoms with Crippen LogP contribution in [0, 0.1) is 29.9 Å². The van der Waals surface area contributed by atoms with Crippen LogP contribution < -0.4 is 4.74 Å². The monoisotopic (exact) mass is 656 g/mol. The Bertz CT molecular complexity index is 1740. The SMILES string of the molecule is Cc1cnc(C(=O)N2CCC(C#N)(c3ccccc3)CC2)cc1C(=O)N1CCC2c3cc(F)c(F)cc3OC2C1.O=C(O)C(F)(F)F. The normalized spacial score (nSPS) is 19.7. The minimum Gasteiger partial charge on any atom is -0.488 e. The van der Waals surface area contributed by atoms with Crippen molar-refractivity contribution in [2.45, 2.75) is 49.8 Å². The molecule has 4 heterocycles. The minimum atomic E-state index is -5.08. The summed E-state index contributed by atoms with van der Waals surface area (Å²) < 4.78 is 65.2. The summed E-state index contributed by atoms with van der Waals surface area (Å²) in [5.74, 6) is -4.92. The maximum absolute atomic E-state index is 13.8. The molecule has 1 aromatic heterocycles. The van der Waals surface area contributed by atoms with Gasteiger partial charge in [-0.25, -0.2) is 13.6 Å². The first-order valence-electron chi connectivity index (χ1n) is 14.7. The number of nitrogens with zero attached hydrogens (tertiary/aromatic N) is 4. The highest BCUT2D eigenvalue weighted by Gasteiger charge is 2.42. The number of fused-ring (bicyclic) bond motifs is 3. The largest absolute Gasteiger partial charge is 0.490 e. The average Bonchev–Trinajstić information content (AvgIpc) is 3.41. The summed E-state index contributed by atoms with van der Waals surface area (Å²) in [6, 6.07) is 15.9. The van der Waals surface area contributed by atoms with E-state index in [1.54, 1.807) is 22.8 Å². The maximum atomic E-state index is 13.8. The highest BCUT2D eigenvalue weighted by molar-refractivity contribution is 5.99. The molecule has 3 aliphatic rings. The molecular formula is C33H29F5N4O5. The van der Waals surface area contributed by atoms with Gasteiger partial charge in [0.1, 0.15) is 17.5 Å². The average molecular weight is 657 g/mol. The number of amides is 2. The summed E-state index contributed by atoms with van der Waals surface area (Å²) in [5.41, 5.74) is 2.18. The second kappa shape index (κ2) is 13.0. The zero-order valence-electron chi connectivity index (χ0n) is 25.1. The Kier molecular flexibility index (Phi) is 9.20. The van der Waals surface area contributed by atoms with E-state index < -0.39 is 35.3 Å². The Labute approximate surface area is 266 Å². The van der Waals surface area contributed by atoms with E-state index in [-0.39, 0.29) is 30.0 Å². The van der Waals surface area contributed by atoms with Gasteiger partial charge in [-0.2, -0.15) is 18.4 Å². The van der Waals surface area contributed by atoms with Crippen molar-refractivity contribution in [1.29, 1.82) is 5.26 Å². The number of pyridine rings is 1. The number of likely N-dealkylation sites (tertiary alicyclic amines) is 2. The summed E-state index contributed by atoms with van der Waals surface area (Å²) in [7, 11) is 0. The van der Waals surface area contributed by atoms with Gasteiger partial charge in [0.25, 0.3) is 11.8 Å². The molecule has 0 bridgehead atoms. The number of aromatic nitrogens is 1. The van der Waals surface area contributed by atoms with Crippen LogP contribution in [0.4, 0.5) is 22.0 Å². The molecule has 0 aliphatic carbocycles. The number of aliphatic carboxylic acids is 1. The van der Waals surface area contributed by atoms with Crippen LogP contribution >= 0.6 is 0 Å². The van der Waals surface area contributed by atoms with Gasteiger partial charge in [-0.1, -0.05) is 30.3 Å². The van der Waals surface area contributed by atoms with E-state index in [2.05, 4.69) is 11.1 Å². The van der Waals surface area contributed by atoms with Gasteiger partial charge in [-0.05, 0) is 49.4 Å². The van der Waals surface area contributed by atoms with Gasteiger partial charge >= 0.3 is 12.1 Å². The molecule has 47 heavy (non-hydrogen) atoms. The third-order valence-electron chi connectivity index (χ3n) is 8.82. The van der Waals surface area contributed by atoms with Crippen molar-refractivity contribution in [2.24, 2.45) is 0 Å². The molecule has 3 aromatic rings. The van der Waals surface area contributed by atoms with Crippen molar-refractivity contribution in [1.82, 2.24) is 14.8 Å². The fourth-order valence-electron chi connectivity index (χ4n) is 6.19. The summed E-state index contributed by atoms with van der Waals surface area (Å²) in [6.45, 7) is 3.29. The van der Waals surface area contributed by atoms with Crippen molar-refractivity contribution >= 4 is 17.8 Å². The molecule has 14 heteroatoms. The Hall–Kier alpha value is -5.06. The van der Waals surface area contributed by atoms with Gasteiger partial charge < -0.3 is 19.6 Å². The van der Waals surface area contributed by atoms with E-state index in [0.717, 1.165) is 11.6 Å². The lowest BCUT2D eigenvalue weighted by Gasteiger charge is -2.37. The number of benzene rings is 2. The number of halogens is 5. The van der Waals surface area contributed by atoms with Crippen LogP contribution in [-0.2, 0) is 10.2 Å². The molecule has 0 saturated carbocycles. The zero-order valence-corrected chi connectivity index (χ0v) is 25.1. The third kappa shape index (κ3) is 6.74. The smallest absolute Gasteiger partial charge is 0.488 e. The summed E-state index contributed by atoms with van der Waals surface area (Å²) in [5, 5.41) is 17.1. The number of nitriles is 1. The van der Waals surface area contributed by atoms with Gasteiger partial charge in [0.2, 0.25) is 0 Å². The van der Waals surface area contributed by atoms with Crippen LogP contribution in [0.1, 0.15) is 62.7 Å². The second-order valence-electron chi connectivity index (χ2n) is 11.6. The van der Waals surface area contributed by atoms with E-state index >= 15 is 0 Å². The Morgan fingerprint density at radius 3 is 2.26 bits per heavy atom. The molecule has 2 fully saturated rings. The standard InChI is InChI=1S/C31H28F2N4O3.C2HF3O2/c1-19-16-35-26(30(39)36-11-8-31(18-34,9-12-36)20-5-3-2-4-6-20)14-22(19)29(38)37-10-7-21-23-13-24(32)25(33)15-27(23)40-28(21)17-37;3-2(4,5)1(6)7/h2-6,13-16,21,28H,7-12,17H2,1H3;(H,6,7). The first-order chi connectivity index (χ1) is 22.2. The number of carbonyl (C=O) groups is 3. The number of hydrogen-bond donors (Lipinski definition) is 1. The van der Waals surface area contributed by atoms with Gasteiger partial charge in [0, 0.05) is 48.9 Å². The molecule has 0 spiro atoms. The first kappa shape index (κ1) is 33.3. The molecular weight excluding hydrogens is 627 g/mol. The van der Waals surface area contributed by atoms with E-state index in [1.807, 2.05) is 30.3 Å². The molecule has 6 rings (SSSR count). The first-order valence-corrected chi connectivity index (χ1v) is 14.7. The number of carbonyl (C=O) groups excluding carboxylic acids is 2. The Balaban J connectivity index is 0.000000559. The van der Waals surface area contributed by atoms with Crippen molar-refractivity contribution in [3.63, 3.8) is 0 Å². The minimum absolute atomic E-state index is 0.111. The predicted octanol–water partition coefficient (Wildman–Crippen LogP) is 5.39. The summed E-state index contributed by atoms with van der Waals surface area (Å²) in [4.78, 5) is 43.6. The number of ether oxygens (including phenoxy) is 1. The highest BCUT2D eigenvalue weighted by atomic mass is 19.4. The Morgan fingerprint density at radius 2 is 1.64 bits per heavy atom. The van der Waals surface area contributed by atoms with Crippen LogP contribution in [0.25, 0.3) is 0 Å². The lowest BCUT2D eigenvalue weighted by Crippen LogP contribution is -2.46. The Morgan fingerprint density at radius 1 is 1.00 bits per heavy atom. The number of rotatable bonds is 3. The molecule has 246 valence electrons. The van der Waals surface area contributed by atoms with Gasteiger partial charge in [0.05, 0.1) is 18.0 Å². The van der Waals surface area contributed by atoms with Gasteiger partial charge in [0.15, 0.2) is 11.6 Å². The van der Waals surface area contributed by atoms with Crippen LogP contribution in [-0.4, -0.2) is 76.1 Å². The molecule has 2 unspecified atom stereocenters. The fourth-order valence-corrected chi connectivity index (χ4v) is 6.19. The number of piperidine rings is 2. The summed E-state index contributed by atoms with van der Waals surface area (Å²) >= 11 is 0. The molecule has 2 atom stereocenters. The number of carboxylic acid groups (broad SMARTS) is 1. The van der Waals surface area contributed by atoms with Crippen LogP contribution in [0.15, 0.2) is 54.7 Å². The van der Waals surface area contributed by atoms with Crippen molar-refractivity contribution in [3.8, 4) is 11.8 Å². The molecule has 1 N–H and O–H groups in total. The topological polar surface area (TPSA) is 124 Å². The molecule has 2 aromatic carbocycles.